The predicted molar refractivity (Wildman–Crippen MR) is 173 cm³/mol. The van der Waals surface area contributed by atoms with E-state index in [0.717, 1.165) is 33.1 Å². The second-order valence-corrected chi connectivity index (χ2v) is 12.4. The van der Waals surface area contributed by atoms with Gasteiger partial charge >= 0.3 is 0 Å². The van der Waals surface area contributed by atoms with Crippen LogP contribution in [0.4, 0.5) is 10.1 Å². The first-order valence-electron chi connectivity index (χ1n) is 14.8. The minimum atomic E-state index is -4.31. The molecular formula is C35H38FN3O5S. The highest BCUT2D eigenvalue weighted by Gasteiger charge is 2.34. The number of hydrogen-bond donors (Lipinski definition) is 1. The van der Waals surface area contributed by atoms with Crippen LogP contribution < -0.4 is 14.4 Å². The molecule has 0 heterocycles. The molecule has 0 saturated carbocycles. The number of carbonyl (C=O) groups is 2. The van der Waals surface area contributed by atoms with Gasteiger partial charge in [0, 0.05) is 19.5 Å². The molecule has 0 aliphatic heterocycles. The summed E-state index contributed by atoms with van der Waals surface area (Å²) in [5.74, 6) is -1.01. The minimum absolute atomic E-state index is 0.0636. The van der Waals surface area contributed by atoms with E-state index < -0.39 is 34.3 Å². The summed E-state index contributed by atoms with van der Waals surface area (Å²) >= 11 is 0. The molecule has 0 fully saturated rings. The van der Waals surface area contributed by atoms with E-state index in [2.05, 4.69) is 5.32 Å². The largest absolute Gasteiger partial charge is 0.494 e. The van der Waals surface area contributed by atoms with Crippen molar-refractivity contribution in [2.24, 2.45) is 0 Å². The highest BCUT2D eigenvalue weighted by molar-refractivity contribution is 7.92. The van der Waals surface area contributed by atoms with Gasteiger partial charge in [-0.2, -0.15) is 0 Å². The first kappa shape index (κ1) is 33.2. The number of nitrogens with zero attached hydrogens (tertiary/aromatic N) is 2. The van der Waals surface area contributed by atoms with E-state index in [-0.39, 0.29) is 29.5 Å². The standard InChI is InChI=1S/C35H38FN3O5S/c1-4-37-35(41)33(23-27-9-7-6-8-10-27)38(24-28-13-11-26(3)12-14-28)34(40)25-39(30-17-15-29(36)16-18-30)45(42,43)32-21-19-31(20-22-32)44-5-2/h6-22,33H,4-5,23-25H2,1-3H3,(H,37,41)/t33-/m0/s1. The normalized spacial score (nSPS) is 11.8. The van der Waals surface area contributed by atoms with Gasteiger partial charge in [-0.3, -0.25) is 13.9 Å². The third-order valence-electron chi connectivity index (χ3n) is 7.21. The molecule has 45 heavy (non-hydrogen) atoms. The number of ether oxygens (including phenoxy) is 1. The van der Waals surface area contributed by atoms with E-state index in [1.54, 1.807) is 6.92 Å². The Morgan fingerprint density at radius 3 is 2.09 bits per heavy atom. The van der Waals surface area contributed by atoms with Crippen molar-refractivity contribution in [3.63, 3.8) is 0 Å². The lowest BCUT2D eigenvalue weighted by Gasteiger charge is -2.34. The summed E-state index contributed by atoms with van der Waals surface area (Å²) in [5, 5.41) is 2.84. The van der Waals surface area contributed by atoms with Crippen LogP contribution >= 0.6 is 0 Å². The van der Waals surface area contributed by atoms with Crippen molar-refractivity contribution in [3.05, 3.63) is 126 Å². The summed E-state index contributed by atoms with van der Waals surface area (Å²) in [6.45, 7) is 5.77. The Bertz CT molecular complexity index is 1660. The first-order valence-corrected chi connectivity index (χ1v) is 16.2. The number of amides is 2. The maximum Gasteiger partial charge on any atom is 0.264 e. The lowest BCUT2D eigenvalue weighted by Crippen LogP contribution is -2.53. The summed E-state index contributed by atoms with van der Waals surface area (Å²) < 4.78 is 48.5. The molecule has 2 amide bonds. The number of anilines is 1. The number of carbonyl (C=O) groups excluding carboxylic acids is 2. The molecule has 236 valence electrons. The van der Waals surface area contributed by atoms with Crippen molar-refractivity contribution in [2.45, 2.75) is 44.7 Å². The average molecular weight is 632 g/mol. The zero-order chi connectivity index (χ0) is 32.4. The van der Waals surface area contributed by atoms with E-state index in [0.29, 0.717) is 18.9 Å². The van der Waals surface area contributed by atoms with E-state index in [1.807, 2.05) is 68.4 Å². The molecule has 0 spiro atoms. The highest BCUT2D eigenvalue weighted by Crippen LogP contribution is 2.27. The molecule has 0 saturated heterocycles. The van der Waals surface area contributed by atoms with Crippen molar-refractivity contribution in [3.8, 4) is 5.75 Å². The van der Waals surface area contributed by atoms with Crippen LogP contribution in [0.15, 0.2) is 108 Å². The molecule has 0 aromatic heterocycles. The van der Waals surface area contributed by atoms with Crippen LogP contribution in [0.1, 0.15) is 30.5 Å². The third-order valence-corrected chi connectivity index (χ3v) is 9.00. The van der Waals surface area contributed by atoms with Gasteiger partial charge in [0.1, 0.15) is 24.2 Å². The second kappa shape index (κ2) is 15.3. The van der Waals surface area contributed by atoms with Crippen molar-refractivity contribution in [1.82, 2.24) is 10.2 Å². The smallest absolute Gasteiger partial charge is 0.264 e. The summed E-state index contributed by atoms with van der Waals surface area (Å²) in [4.78, 5) is 29.3. The first-order chi connectivity index (χ1) is 21.6. The van der Waals surface area contributed by atoms with Crippen LogP contribution in [0, 0.1) is 12.7 Å². The molecule has 4 aromatic rings. The molecule has 0 radical (unpaired) electrons. The Kier molecular flexibility index (Phi) is 11.3. The van der Waals surface area contributed by atoms with Gasteiger partial charge in [0.2, 0.25) is 11.8 Å². The molecular weight excluding hydrogens is 593 g/mol. The number of sulfonamides is 1. The zero-order valence-electron chi connectivity index (χ0n) is 25.6. The van der Waals surface area contributed by atoms with E-state index >= 15 is 0 Å². The minimum Gasteiger partial charge on any atom is -0.494 e. The molecule has 4 rings (SSSR count). The van der Waals surface area contributed by atoms with Gasteiger partial charge in [0.25, 0.3) is 10.0 Å². The fraction of sp³-hybridized carbons (Fsp3) is 0.257. The Hall–Kier alpha value is -4.70. The number of rotatable bonds is 14. The molecule has 8 nitrogen and oxygen atoms in total. The van der Waals surface area contributed by atoms with Crippen molar-refractivity contribution in [2.75, 3.05) is 24.0 Å². The second-order valence-electron chi connectivity index (χ2n) is 10.5. The monoisotopic (exact) mass is 631 g/mol. The summed E-state index contributed by atoms with van der Waals surface area (Å²) in [6.07, 6.45) is 0.215. The van der Waals surface area contributed by atoms with E-state index in [1.165, 1.54) is 41.3 Å². The molecule has 0 aliphatic rings. The number of halogens is 1. The van der Waals surface area contributed by atoms with Crippen LogP contribution in [0.25, 0.3) is 0 Å². The lowest BCUT2D eigenvalue weighted by atomic mass is 10.0. The molecule has 10 heteroatoms. The van der Waals surface area contributed by atoms with Crippen molar-refractivity contribution in [1.29, 1.82) is 0 Å². The molecule has 4 aromatic carbocycles. The number of nitrogens with one attached hydrogen (secondary N) is 1. The maximum atomic E-state index is 14.4. The van der Waals surface area contributed by atoms with Gasteiger partial charge in [-0.1, -0.05) is 60.2 Å². The van der Waals surface area contributed by atoms with Crippen LogP contribution in [0.3, 0.4) is 0 Å². The SMILES string of the molecule is CCNC(=O)[C@H](Cc1ccccc1)N(Cc1ccc(C)cc1)C(=O)CN(c1ccc(F)cc1)S(=O)(=O)c1ccc(OCC)cc1. The molecule has 1 N–H and O–H groups in total. The van der Waals surface area contributed by atoms with Crippen LogP contribution in [-0.2, 0) is 32.6 Å². The van der Waals surface area contributed by atoms with Gasteiger partial charge in [-0.05, 0) is 80.4 Å². The van der Waals surface area contributed by atoms with Crippen LogP contribution in [0.5, 0.6) is 5.75 Å². The molecule has 1 atom stereocenters. The van der Waals surface area contributed by atoms with Gasteiger partial charge in [-0.15, -0.1) is 0 Å². The zero-order valence-corrected chi connectivity index (χ0v) is 26.5. The average Bonchev–Trinajstić information content (AvgIpc) is 3.04. The third kappa shape index (κ3) is 8.69. The number of aryl methyl sites for hydroxylation is 1. The van der Waals surface area contributed by atoms with Crippen LogP contribution in [0.2, 0.25) is 0 Å². The van der Waals surface area contributed by atoms with Crippen molar-refractivity contribution < 1.29 is 27.1 Å². The summed E-state index contributed by atoms with van der Waals surface area (Å²) in [5.41, 5.74) is 2.75. The number of benzene rings is 4. The number of likely N-dealkylation sites (N-methyl/N-ethyl adjacent to an activating group) is 1. The molecule has 0 bridgehead atoms. The topological polar surface area (TPSA) is 96.0 Å². The Morgan fingerprint density at radius 2 is 1.49 bits per heavy atom. The van der Waals surface area contributed by atoms with E-state index in [9.17, 15) is 22.4 Å². The van der Waals surface area contributed by atoms with Gasteiger partial charge in [0.15, 0.2) is 0 Å². The maximum absolute atomic E-state index is 14.4. The predicted octanol–water partition coefficient (Wildman–Crippen LogP) is 5.50. The Labute approximate surface area is 264 Å². The Morgan fingerprint density at radius 1 is 0.844 bits per heavy atom. The highest BCUT2D eigenvalue weighted by atomic mass is 32.2. The number of hydrogen-bond acceptors (Lipinski definition) is 5. The lowest BCUT2D eigenvalue weighted by molar-refractivity contribution is -0.140. The fourth-order valence-electron chi connectivity index (χ4n) is 4.87. The van der Waals surface area contributed by atoms with Crippen molar-refractivity contribution >= 4 is 27.5 Å². The fourth-order valence-corrected chi connectivity index (χ4v) is 6.29. The van der Waals surface area contributed by atoms with Crippen LogP contribution in [-0.4, -0.2) is 50.9 Å². The van der Waals surface area contributed by atoms with Gasteiger partial charge in [-0.25, -0.2) is 12.8 Å². The quantitative estimate of drug-likeness (QED) is 0.198. The van der Waals surface area contributed by atoms with Gasteiger partial charge < -0.3 is 15.0 Å². The van der Waals surface area contributed by atoms with E-state index in [4.69, 9.17) is 4.74 Å². The summed E-state index contributed by atoms with van der Waals surface area (Å²) in [7, 11) is -4.31. The molecule has 0 unspecified atom stereocenters. The molecule has 0 aliphatic carbocycles. The summed E-state index contributed by atoms with van der Waals surface area (Å²) in [6, 6.07) is 26.7. The Balaban J connectivity index is 1.77. The van der Waals surface area contributed by atoms with Gasteiger partial charge in [0.05, 0.1) is 17.2 Å².